The van der Waals surface area contributed by atoms with Crippen molar-refractivity contribution in [3.63, 3.8) is 0 Å². The van der Waals surface area contributed by atoms with Gasteiger partial charge in [-0.05, 0) is 20.0 Å². The third kappa shape index (κ3) is 2.52. The highest BCUT2D eigenvalue weighted by molar-refractivity contribution is 5.85. The largest absolute Gasteiger partial charge is 0.314 e. The summed E-state index contributed by atoms with van der Waals surface area (Å²) in [5, 5.41) is 7.30. The summed E-state index contributed by atoms with van der Waals surface area (Å²) in [6.07, 6.45) is 0. The van der Waals surface area contributed by atoms with E-state index in [0.717, 1.165) is 12.2 Å². The van der Waals surface area contributed by atoms with Crippen molar-refractivity contribution < 1.29 is 0 Å². The molecule has 0 aromatic carbocycles. The maximum absolute atomic E-state index is 4.25. The van der Waals surface area contributed by atoms with Crippen molar-refractivity contribution in [1.29, 1.82) is 0 Å². The Hall–Kier alpha value is -0.540. The highest BCUT2D eigenvalue weighted by atomic mass is 35.5. The monoisotopic (exact) mass is 175 g/mol. The fourth-order valence-electron chi connectivity index (χ4n) is 0.902. The van der Waals surface area contributed by atoms with Crippen molar-refractivity contribution in [3.8, 4) is 0 Å². The summed E-state index contributed by atoms with van der Waals surface area (Å²) in [4.78, 5) is 0. The minimum absolute atomic E-state index is 0. The molecule has 0 aliphatic carbocycles. The van der Waals surface area contributed by atoms with Gasteiger partial charge in [0, 0.05) is 19.3 Å². The van der Waals surface area contributed by atoms with E-state index < -0.39 is 0 Å². The Kier molecular flexibility index (Phi) is 4.15. The molecular weight excluding hydrogens is 162 g/mol. The molecule has 0 amide bonds. The molecule has 0 radical (unpaired) electrons. The maximum Gasteiger partial charge on any atom is 0.0765 e. The zero-order valence-corrected chi connectivity index (χ0v) is 7.90. The first-order chi connectivity index (χ1) is 4.74. The molecule has 0 unspecified atom stereocenters. The number of aromatic nitrogens is 2. The number of rotatable bonds is 2. The first kappa shape index (κ1) is 10.5. The number of hydrogen-bond acceptors (Lipinski definition) is 2. The second kappa shape index (κ2) is 4.36. The molecule has 64 valence electrons. The van der Waals surface area contributed by atoms with Gasteiger partial charge < -0.3 is 5.32 Å². The van der Waals surface area contributed by atoms with Crippen LogP contribution in [0.3, 0.4) is 0 Å². The average molecular weight is 176 g/mol. The summed E-state index contributed by atoms with van der Waals surface area (Å²) in [5.41, 5.74) is 2.30. The normalized spacial score (nSPS) is 9.36. The summed E-state index contributed by atoms with van der Waals surface area (Å²) < 4.78 is 1.88. The first-order valence-electron chi connectivity index (χ1n) is 3.38. The summed E-state index contributed by atoms with van der Waals surface area (Å²) in [6.45, 7) is 2.90. The Balaban J connectivity index is 0.000001000. The van der Waals surface area contributed by atoms with Gasteiger partial charge in [0.05, 0.1) is 5.69 Å². The fourth-order valence-corrected chi connectivity index (χ4v) is 0.902. The Morgan fingerprint density at radius 2 is 2.27 bits per heavy atom. The standard InChI is InChI=1S/C7H13N3.ClH/c1-6-4-7(5-8-2)9-10(6)3;/h4,8H,5H2,1-3H3;1H. The number of aryl methyl sites for hydroxylation is 2. The molecular formula is C7H14ClN3. The van der Waals surface area contributed by atoms with Crippen LogP contribution < -0.4 is 5.32 Å². The van der Waals surface area contributed by atoms with Gasteiger partial charge in [0.15, 0.2) is 0 Å². The van der Waals surface area contributed by atoms with E-state index in [-0.39, 0.29) is 12.4 Å². The molecule has 0 bridgehead atoms. The smallest absolute Gasteiger partial charge is 0.0765 e. The third-order valence-electron chi connectivity index (χ3n) is 1.52. The van der Waals surface area contributed by atoms with E-state index in [0.29, 0.717) is 0 Å². The van der Waals surface area contributed by atoms with Crippen LogP contribution in [-0.2, 0) is 13.6 Å². The molecule has 0 saturated carbocycles. The lowest BCUT2D eigenvalue weighted by Crippen LogP contribution is -2.05. The first-order valence-corrected chi connectivity index (χ1v) is 3.38. The van der Waals surface area contributed by atoms with E-state index in [1.54, 1.807) is 0 Å². The molecule has 1 aromatic heterocycles. The zero-order chi connectivity index (χ0) is 7.56. The Morgan fingerprint density at radius 1 is 1.64 bits per heavy atom. The molecule has 1 rings (SSSR count). The lowest BCUT2D eigenvalue weighted by molar-refractivity contribution is 0.698. The quantitative estimate of drug-likeness (QED) is 0.723. The van der Waals surface area contributed by atoms with E-state index in [1.807, 2.05) is 25.7 Å². The summed E-state index contributed by atoms with van der Waals surface area (Å²) in [5.74, 6) is 0. The predicted octanol–water partition coefficient (Wildman–Crippen LogP) is 0.870. The van der Waals surface area contributed by atoms with Gasteiger partial charge >= 0.3 is 0 Å². The zero-order valence-electron chi connectivity index (χ0n) is 7.09. The molecule has 0 spiro atoms. The number of halogens is 1. The Labute approximate surface area is 73.2 Å². The second-order valence-electron chi connectivity index (χ2n) is 2.43. The van der Waals surface area contributed by atoms with Gasteiger partial charge in [-0.25, -0.2) is 0 Å². The van der Waals surface area contributed by atoms with Crippen LogP contribution in [0.1, 0.15) is 11.4 Å². The third-order valence-corrected chi connectivity index (χ3v) is 1.52. The minimum atomic E-state index is 0. The van der Waals surface area contributed by atoms with Crippen LogP contribution in [0.25, 0.3) is 0 Å². The second-order valence-corrected chi connectivity index (χ2v) is 2.43. The van der Waals surface area contributed by atoms with Crippen LogP contribution in [0.2, 0.25) is 0 Å². The van der Waals surface area contributed by atoms with Gasteiger partial charge in [-0.3, -0.25) is 4.68 Å². The Bertz CT molecular complexity index is 200. The molecule has 0 saturated heterocycles. The minimum Gasteiger partial charge on any atom is -0.314 e. The van der Waals surface area contributed by atoms with Crippen molar-refractivity contribution in [3.05, 3.63) is 17.5 Å². The topological polar surface area (TPSA) is 29.9 Å². The van der Waals surface area contributed by atoms with E-state index in [2.05, 4.69) is 16.5 Å². The lowest BCUT2D eigenvalue weighted by atomic mass is 10.4. The SMILES string of the molecule is CNCc1cc(C)n(C)n1.Cl. The van der Waals surface area contributed by atoms with Gasteiger partial charge in [-0.15, -0.1) is 12.4 Å². The molecule has 4 heteroatoms. The maximum atomic E-state index is 4.25. The van der Waals surface area contributed by atoms with Crippen LogP contribution in [0.15, 0.2) is 6.07 Å². The molecule has 0 aliphatic rings. The van der Waals surface area contributed by atoms with Gasteiger partial charge in [0.1, 0.15) is 0 Å². The number of nitrogens with one attached hydrogen (secondary N) is 1. The van der Waals surface area contributed by atoms with E-state index in [9.17, 15) is 0 Å². The average Bonchev–Trinajstić information content (AvgIpc) is 2.14. The molecule has 0 aliphatic heterocycles. The van der Waals surface area contributed by atoms with Gasteiger partial charge in [0.2, 0.25) is 0 Å². The van der Waals surface area contributed by atoms with Crippen LogP contribution in [0, 0.1) is 6.92 Å². The highest BCUT2D eigenvalue weighted by Crippen LogP contribution is 1.99. The molecule has 1 N–H and O–H groups in total. The van der Waals surface area contributed by atoms with E-state index in [1.165, 1.54) is 5.69 Å². The summed E-state index contributed by atoms with van der Waals surface area (Å²) in [7, 11) is 3.87. The molecule has 3 nitrogen and oxygen atoms in total. The van der Waals surface area contributed by atoms with Crippen molar-refractivity contribution >= 4 is 12.4 Å². The number of hydrogen-bond donors (Lipinski definition) is 1. The van der Waals surface area contributed by atoms with Crippen LogP contribution in [-0.4, -0.2) is 16.8 Å². The number of nitrogens with zero attached hydrogens (tertiary/aromatic N) is 2. The van der Waals surface area contributed by atoms with Crippen LogP contribution in [0.4, 0.5) is 0 Å². The van der Waals surface area contributed by atoms with Gasteiger partial charge in [0.25, 0.3) is 0 Å². The van der Waals surface area contributed by atoms with Crippen molar-refractivity contribution in [1.82, 2.24) is 15.1 Å². The molecule has 0 atom stereocenters. The van der Waals surface area contributed by atoms with Crippen molar-refractivity contribution in [2.75, 3.05) is 7.05 Å². The van der Waals surface area contributed by atoms with Crippen LogP contribution >= 0.6 is 12.4 Å². The Morgan fingerprint density at radius 3 is 2.64 bits per heavy atom. The molecule has 11 heavy (non-hydrogen) atoms. The molecule has 0 fully saturated rings. The van der Waals surface area contributed by atoms with E-state index in [4.69, 9.17) is 0 Å². The summed E-state index contributed by atoms with van der Waals surface area (Å²) in [6, 6.07) is 2.08. The lowest BCUT2D eigenvalue weighted by Gasteiger charge is -1.90. The van der Waals surface area contributed by atoms with Gasteiger partial charge in [-0.2, -0.15) is 5.10 Å². The molecule has 1 heterocycles. The molecule has 1 aromatic rings. The van der Waals surface area contributed by atoms with Crippen LogP contribution in [0.5, 0.6) is 0 Å². The van der Waals surface area contributed by atoms with Crippen molar-refractivity contribution in [2.45, 2.75) is 13.5 Å². The van der Waals surface area contributed by atoms with Crippen molar-refractivity contribution in [2.24, 2.45) is 7.05 Å². The summed E-state index contributed by atoms with van der Waals surface area (Å²) >= 11 is 0. The highest BCUT2D eigenvalue weighted by Gasteiger charge is 1.97. The van der Waals surface area contributed by atoms with Gasteiger partial charge in [-0.1, -0.05) is 0 Å². The van der Waals surface area contributed by atoms with E-state index >= 15 is 0 Å². The fraction of sp³-hybridized carbons (Fsp3) is 0.571. The predicted molar refractivity (Wildman–Crippen MR) is 48.0 cm³/mol.